The van der Waals surface area contributed by atoms with Crippen LogP contribution >= 0.6 is 33.1 Å². The van der Waals surface area contributed by atoms with E-state index in [9.17, 15) is 4.79 Å². The summed E-state index contributed by atoms with van der Waals surface area (Å²) in [5, 5.41) is 4.12. The Labute approximate surface area is 109 Å². The van der Waals surface area contributed by atoms with Crippen LogP contribution in [0, 0.1) is 5.92 Å². The summed E-state index contributed by atoms with van der Waals surface area (Å²) < 4.78 is 5.33. The minimum Gasteiger partial charge on any atom is -0.360 e. The highest BCUT2D eigenvalue weighted by molar-refractivity contribution is 8.63. The molecule has 0 amide bonds. The van der Waals surface area contributed by atoms with Crippen LogP contribution in [0.3, 0.4) is 0 Å². The topological polar surface area (TPSA) is 43.1 Å². The first-order valence-electron chi connectivity index (χ1n) is 5.72. The summed E-state index contributed by atoms with van der Waals surface area (Å²) in [6.45, 7) is 2.13. The van der Waals surface area contributed by atoms with Gasteiger partial charge in [0.1, 0.15) is 11.2 Å². The number of Topliss-reactive ketones (excluding diaryl/α,β-unsaturated/α-hetero) is 1. The summed E-state index contributed by atoms with van der Waals surface area (Å²) in [6, 6.07) is 0. The zero-order valence-electron chi connectivity index (χ0n) is 9.77. The monoisotopic (exact) mass is 307 g/mol. The molecule has 0 saturated carbocycles. The number of carbonyl (C=O) groups is 1. The summed E-state index contributed by atoms with van der Waals surface area (Å²) in [6.07, 6.45) is 3.84. The lowest BCUT2D eigenvalue weighted by Gasteiger charge is -2.20. The normalized spacial score (nSPS) is 22.1. The molecule has 0 bridgehead atoms. The summed E-state index contributed by atoms with van der Waals surface area (Å²) in [5.41, 5.74) is 1.71. The summed E-state index contributed by atoms with van der Waals surface area (Å²) in [5.74, 6) is 1.27. The molecule has 0 spiro atoms. The van der Waals surface area contributed by atoms with Crippen LogP contribution in [-0.4, -0.2) is 10.9 Å². The van der Waals surface area contributed by atoms with Crippen LogP contribution < -0.4 is 5.44 Å². The van der Waals surface area contributed by atoms with Crippen molar-refractivity contribution >= 4 is 44.3 Å². The van der Waals surface area contributed by atoms with Gasteiger partial charge in [-0.05, 0) is 20.1 Å². The van der Waals surface area contributed by atoms with Gasteiger partial charge >= 0.3 is 0 Å². The molecule has 1 aromatic rings. The summed E-state index contributed by atoms with van der Waals surface area (Å²) in [4.78, 5) is 12.4. The molecule has 5 atom stereocenters. The highest BCUT2D eigenvalue weighted by Gasteiger charge is 2.34. The zero-order valence-corrected chi connectivity index (χ0v) is 14.0. The maximum absolute atomic E-state index is 12.4. The molecule has 0 radical (unpaired) electrons. The Morgan fingerprint density at radius 1 is 1.65 bits per heavy atom. The number of aryl methyl sites for hydroxylation is 1. The van der Waals surface area contributed by atoms with Crippen molar-refractivity contribution in [2.45, 2.75) is 32.6 Å². The second-order valence-corrected chi connectivity index (χ2v) is 13.3. The number of hydrogen-bond donors (Lipinski definition) is 0. The number of ketones is 1. The van der Waals surface area contributed by atoms with Crippen LogP contribution in [0.25, 0.3) is 0 Å². The van der Waals surface area contributed by atoms with Gasteiger partial charge in [0, 0.05) is 12.3 Å². The Morgan fingerprint density at radius 3 is 3.06 bits per heavy atom. The van der Waals surface area contributed by atoms with E-state index in [1.165, 1.54) is 0 Å². The van der Waals surface area contributed by atoms with Crippen molar-refractivity contribution in [3.8, 4) is 0 Å². The molecule has 1 heterocycles. The molecular formula is C10H17NO2P4. The maximum atomic E-state index is 12.4. The van der Waals surface area contributed by atoms with Crippen molar-refractivity contribution in [2.24, 2.45) is 5.92 Å². The van der Waals surface area contributed by atoms with Crippen LogP contribution in [0.2, 0.25) is 0 Å². The molecule has 3 nitrogen and oxygen atoms in total. The molecule has 17 heavy (non-hydrogen) atoms. The predicted octanol–water partition coefficient (Wildman–Crippen LogP) is 3.50. The molecular weight excluding hydrogens is 290 g/mol. The number of nitrogens with zero attached hydrogens (tertiary/aromatic N) is 1. The summed E-state index contributed by atoms with van der Waals surface area (Å²) in [7, 11) is 5.82. The number of aromatic nitrogens is 1. The van der Waals surface area contributed by atoms with Gasteiger partial charge in [0.05, 0.1) is 5.56 Å². The van der Waals surface area contributed by atoms with Crippen LogP contribution in [0.1, 0.15) is 42.3 Å². The average Bonchev–Trinajstić information content (AvgIpc) is 2.76. The van der Waals surface area contributed by atoms with Gasteiger partial charge in [-0.25, -0.2) is 0 Å². The fourth-order valence-corrected chi connectivity index (χ4v) is 5.40. The molecule has 0 fully saturated rings. The fourth-order valence-electron chi connectivity index (χ4n) is 2.22. The Kier molecular flexibility index (Phi) is 5.08. The molecule has 94 valence electrons. The molecule has 0 saturated heterocycles. The first kappa shape index (κ1) is 14.0. The molecule has 0 aromatic carbocycles. The van der Waals surface area contributed by atoms with Gasteiger partial charge in [0.2, 0.25) is 0 Å². The molecule has 5 unspecified atom stereocenters. The molecule has 1 aliphatic carbocycles. The fraction of sp³-hybridized carbons (Fsp3) is 0.600. The van der Waals surface area contributed by atoms with E-state index in [1.54, 1.807) is 0 Å². The Balaban J connectivity index is 2.32. The van der Waals surface area contributed by atoms with Crippen LogP contribution in [-0.2, 0) is 6.42 Å². The highest BCUT2D eigenvalue weighted by Crippen LogP contribution is 2.65. The van der Waals surface area contributed by atoms with Crippen LogP contribution in [0.4, 0.5) is 0 Å². The van der Waals surface area contributed by atoms with Crippen LogP contribution in [0.5, 0.6) is 0 Å². The minimum absolute atomic E-state index is 0.187. The molecule has 0 aliphatic heterocycles. The van der Waals surface area contributed by atoms with Gasteiger partial charge in [0.15, 0.2) is 5.78 Å². The molecule has 1 aromatic heterocycles. The third-order valence-electron chi connectivity index (χ3n) is 3.09. The van der Waals surface area contributed by atoms with Crippen molar-refractivity contribution in [3.63, 3.8) is 0 Å². The second-order valence-electron chi connectivity index (χ2n) is 4.19. The standard InChI is InChI=1S/C10H17NO2P4/c1-2-3-6-4-5-7-8(9(6)12)10(11-13-7)17(15)16-14/h6,16H,2-5,14-15H2,1H3. The number of carbonyl (C=O) groups excluding carboxylic acids is 1. The van der Waals surface area contributed by atoms with E-state index in [1.807, 2.05) is 0 Å². The highest BCUT2D eigenvalue weighted by atomic mass is 32.6. The zero-order chi connectivity index (χ0) is 12.4. The quantitative estimate of drug-likeness (QED) is 0.800. The van der Waals surface area contributed by atoms with Crippen molar-refractivity contribution in [2.75, 3.05) is 0 Å². The average molecular weight is 307 g/mol. The van der Waals surface area contributed by atoms with Crippen LogP contribution in [0.15, 0.2) is 4.52 Å². The van der Waals surface area contributed by atoms with Crippen molar-refractivity contribution < 1.29 is 9.32 Å². The summed E-state index contributed by atoms with van der Waals surface area (Å²) >= 11 is 0. The maximum Gasteiger partial charge on any atom is 0.171 e. The molecule has 2 rings (SSSR count). The van der Waals surface area contributed by atoms with Gasteiger partial charge < -0.3 is 4.52 Å². The minimum atomic E-state index is -0.424. The van der Waals surface area contributed by atoms with E-state index < -0.39 is 7.30 Å². The lowest BCUT2D eigenvalue weighted by atomic mass is 9.84. The Morgan fingerprint density at radius 2 is 2.41 bits per heavy atom. The van der Waals surface area contributed by atoms with Gasteiger partial charge in [0.25, 0.3) is 0 Å². The third-order valence-corrected chi connectivity index (χ3v) is 12.9. The number of hydrogen-bond acceptors (Lipinski definition) is 3. The van der Waals surface area contributed by atoms with E-state index in [2.05, 4.69) is 29.9 Å². The largest absolute Gasteiger partial charge is 0.360 e. The number of fused-ring (bicyclic) bond motifs is 1. The SMILES string of the molecule is CCCC1CCc2onc(P(P)PP)c2C1=O. The van der Waals surface area contributed by atoms with Gasteiger partial charge in [-0.15, -0.1) is 17.9 Å². The van der Waals surface area contributed by atoms with Crippen molar-refractivity contribution in [1.82, 2.24) is 5.16 Å². The smallest absolute Gasteiger partial charge is 0.171 e. The molecule has 7 heteroatoms. The van der Waals surface area contributed by atoms with E-state index in [4.69, 9.17) is 4.52 Å². The van der Waals surface area contributed by atoms with Gasteiger partial charge in [-0.3, -0.25) is 4.79 Å². The second kappa shape index (κ2) is 6.16. The van der Waals surface area contributed by atoms with Gasteiger partial charge in [-0.2, -0.15) is 0 Å². The van der Waals surface area contributed by atoms with E-state index in [-0.39, 0.29) is 11.7 Å². The molecule has 0 N–H and O–H groups in total. The van der Waals surface area contributed by atoms with E-state index in [0.717, 1.165) is 42.4 Å². The van der Waals surface area contributed by atoms with E-state index >= 15 is 0 Å². The predicted molar refractivity (Wildman–Crippen MR) is 81.8 cm³/mol. The van der Waals surface area contributed by atoms with E-state index in [0.29, 0.717) is 7.96 Å². The Hall–Kier alpha value is 0.600. The van der Waals surface area contributed by atoms with Crippen molar-refractivity contribution in [3.05, 3.63) is 11.3 Å². The molecule has 1 aliphatic rings. The van der Waals surface area contributed by atoms with Crippen molar-refractivity contribution in [1.29, 1.82) is 0 Å². The first-order valence-corrected chi connectivity index (χ1v) is 12.3. The lowest BCUT2D eigenvalue weighted by molar-refractivity contribution is 0.0890. The lowest BCUT2D eigenvalue weighted by Crippen LogP contribution is -2.25. The first-order chi connectivity index (χ1) is 8.19. The number of rotatable bonds is 4. The third kappa shape index (κ3) is 2.79. The van der Waals surface area contributed by atoms with Gasteiger partial charge in [-0.1, -0.05) is 26.5 Å². The Bertz CT molecular complexity index is 420.